The van der Waals surface area contributed by atoms with Crippen LogP contribution in [0.25, 0.3) is 5.69 Å². The van der Waals surface area contributed by atoms with Gasteiger partial charge in [-0.1, -0.05) is 29.4 Å². The quantitative estimate of drug-likeness (QED) is 0.369. The number of thioether (sulfide) groups is 1. The van der Waals surface area contributed by atoms with Crippen LogP contribution in [0.2, 0.25) is 4.34 Å². The van der Waals surface area contributed by atoms with Crippen LogP contribution in [-0.4, -0.2) is 38.8 Å². The maximum Gasteiger partial charge on any atom is 0.416 e. The number of amides is 1. The Kier molecular flexibility index (Phi) is 7.39. The number of carbonyl (C=O) groups excluding carboxylic acids is 2. The third-order valence-corrected chi connectivity index (χ3v) is 6.24. The molecule has 0 atom stereocenters. The minimum Gasteiger partial charge on any atom is -0.356 e. The van der Waals surface area contributed by atoms with Crippen LogP contribution >= 0.6 is 34.7 Å². The van der Waals surface area contributed by atoms with Gasteiger partial charge in [0.05, 0.1) is 20.5 Å². The Morgan fingerprint density at radius 3 is 2.65 bits per heavy atom. The summed E-state index contributed by atoms with van der Waals surface area (Å²) < 4.78 is 41.6. The fourth-order valence-electron chi connectivity index (χ4n) is 2.65. The number of aromatic nitrogens is 3. The van der Waals surface area contributed by atoms with Crippen LogP contribution in [0.4, 0.5) is 13.2 Å². The van der Waals surface area contributed by atoms with E-state index in [-0.39, 0.29) is 41.3 Å². The first kappa shape index (κ1) is 23.3. The van der Waals surface area contributed by atoms with Crippen molar-refractivity contribution >= 4 is 46.4 Å². The summed E-state index contributed by atoms with van der Waals surface area (Å²) in [5, 5.41) is 11.0. The number of nitrogens with zero attached hydrogens (tertiary/aromatic N) is 3. The van der Waals surface area contributed by atoms with Crippen LogP contribution in [0.1, 0.15) is 28.0 Å². The Bertz CT molecular complexity index is 1100. The van der Waals surface area contributed by atoms with Gasteiger partial charge in [0.2, 0.25) is 5.91 Å². The molecule has 0 radical (unpaired) electrons. The monoisotopic (exact) mass is 488 g/mol. The summed E-state index contributed by atoms with van der Waals surface area (Å²) in [5.74, 6) is -0.0398. The van der Waals surface area contributed by atoms with E-state index in [0.29, 0.717) is 15.0 Å². The summed E-state index contributed by atoms with van der Waals surface area (Å²) in [5.41, 5.74) is -0.599. The van der Waals surface area contributed by atoms with E-state index in [0.717, 1.165) is 35.2 Å². The summed E-state index contributed by atoms with van der Waals surface area (Å²) in [6.45, 7) is 1.60. The fourth-order valence-corrected chi connectivity index (χ4v) is 4.58. The lowest BCUT2D eigenvalue weighted by molar-refractivity contribution is -0.137. The average Bonchev–Trinajstić information content (AvgIpc) is 3.31. The number of alkyl halides is 3. The number of rotatable bonds is 8. The second kappa shape index (κ2) is 9.84. The van der Waals surface area contributed by atoms with E-state index in [1.807, 2.05) is 0 Å². The number of nitrogens with one attached hydrogen (secondary N) is 1. The van der Waals surface area contributed by atoms with Gasteiger partial charge in [-0.05, 0) is 30.3 Å². The summed E-state index contributed by atoms with van der Waals surface area (Å²) in [6.07, 6.45) is -4.26. The van der Waals surface area contributed by atoms with E-state index in [1.165, 1.54) is 23.6 Å². The van der Waals surface area contributed by atoms with Crippen LogP contribution in [0.3, 0.4) is 0 Å². The van der Waals surface area contributed by atoms with E-state index in [9.17, 15) is 22.8 Å². The lowest BCUT2D eigenvalue weighted by Gasteiger charge is -2.13. The van der Waals surface area contributed by atoms with Gasteiger partial charge in [-0.25, -0.2) is 0 Å². The topological polar surface area (TPSA) is 76.9 Å². The van der Waals surface area contributed by atoms with Crippen molar-refractivity contribution in [1.29, 1.82) is 0 Å². The highest BCUT2D eigenvalue weighted by Gasteiger charge is 2.31. The highest BCUT2D eigenvalue weighted by atomic mass is 35.5. The standard InChI is InChI=1S/C19H16ClF3N4O2S2/c1-11(28)24-8-7-17-25-26-18(30-10-14(29)15-5-6-16(20)31-15)27(17)13-4-2-3-12(9-13)19(21,22)23/h2-6,9H,7-8,10H2,1H3,(H,24,28). The van der Waals surface area contributed by atoms with Gasteiger partial charge in [0, 0.05) is 25.6 Å². The first-order valence-electron chi connectivity index (χ1n) is 8.93. The Labute approximate surface area is 188 Å². The molecule has 0 saturated carbocycles. The smallest absolute Gasteiger partial charge is 0.356 e. The van der Waals surface area contributed by atoms with Crippen molar-refractivity contribution in [2.24, 2.45) is 0 Å². The molecular weight excluding hydrogens is 473 g/mol. The molecule has 2 aromatic heterocycles. The molecule has 2 heterocycles. The van der Waals surface area contributed by atoms with E-state index < -0.39 is 11.7 Å². The predicted molar refractivity (Wildman–Crippen MR) is 113 cm³/mol. The number of Topliss-reactive ketones (excluding diaryl/α,β-unsaturated/α-hetero) is 1. The third-order valence-electron chi connectivity index (χ3n) is 4.03. The molecule has 3 rings (SSSR count). The Morgan fingerprint density at radius 1 is 1.23 bits per heavy atom. The van der Waals surface area contributed by atoms with E-state index in [4.69, 9.17) is 11.6 Å². The van der Waals surface area contributed by atoms with Gasteiger partial charge in [0.15, 0.2) is 10.9 Å². The van der Waals surface area contributed by atoms with Crippen molar-refractivity contribution in [3.05, 3.63) is 57.0 Å². The number of thiophene rings is 1. The second-order valence-corrected chi connectivity index (χ2v) is 8.99. The molecule has 1 N–H and O–H groups in total. The van der Waals surface area contributed by atoms with Gasteiger partial charge in [-0.3, -0.25) is 14.2 Å². The fraction of sp³-hybridized carbons (Fsp3) is 0.263. The van der Waals surface area contributed by atoms with Gasteiger partial charge in [0.1, 0.15) is 5.82 Å². The van der Waals surface area contributed by atoms with Crippen molar-refractivity contribution in [2.45, 2.75) is 24.7 Å². The molecule has 6 nitrogen and oxygen atoms in total. The molecule has 0 aliphatic carbocycles. The van der Waals surface area contributed by atoms with Crippen LogP contribution in [0.5, 0.6) is 0 Å². The van der Waals surface area contributed by atoms with E-state index in [2.05, 4.69) is 15.5 Å². The highest BCUT2D eigenvalue weighted by molar-refractivity contribution is 7.99. The molecule has 164 valence electrons. The highest BCUT2D eigenvalue weighted by Crippen LogP contribution is 2.32. The van der Waals surface area contributed by atoms with E-state index >= 15 is 0 Å². The van der Waals surface area contributed by atoms with Gasteiger partial charge in [-0.15, -0.1) is 21.5 Å². The Morgan fingerprint density at radius 2 is 2.00 bits per heavy atom. The van der Waals surface area contributed by atoms with Gasteiger partial charge >= 0.3 is 6.18 Å². The predicted octanol–water partition coefficient (Wildman–Crippen LogP) is 4.65. The zero-order chi connectivity index (χ0) is 22.6. The number of hydrogen-bond acceptors (Lipinski definition) is 6. The van der Waals surface area contributed by atoms with Gasteiger partial charge < -0.3 is 5.32 Å². The Hall–Kier alpha value is -2.37. The second-order valence-electron chi connectivity index (χ2n) is 6.33. The molecule has 0 aliphatic rings. The largest absolute Gasteiger partial charge is 0.416 e. The molecule has 0 saturated heterocycles. The average molecular weight is 489 g/mol. The maximum absolute atomic E-state index is 13.2. The summed E-state index contributed by atoms with van der Waals surface area (Å²) in [6, 6.07) is 8.01. The van der Waals surface area contributed by atoms with Crippen LogP contribution in [0.15, 0.2) is 41.6 Å². The number of benzene rings is 1. The zero-order valence-corrected chi connectivity index (χ0v) is 18.5. The first-order valence-corrected chi connectivity index (χ1v) is 11.1. The summed E-state index contributed by atoms with van der Waals surface area (Å²) >= 11 is 8.08. The van der Waals surface area contributed by atoms with Crippen molar-refractivity contribution in [2.75, 3.05) is 12.3 Å². The van der Waals surface area contributed by atoms with Crippen molar-refractivity contribution in [3.8, 4) is 5.69 Å². The molecule has 3 aromatic rings. The third kappa shape index (κ3) is 6.08. The molecule has 0 bridgehead atoms. The lowest BCUT2D eigenvalue weighted by atomic mass is 10.2. The Balaban J connectivity index is 1.89. The molecule has 0 aliphatic heterocycles. The van der Waals surface area contributed by atoms with Crippen LogP contribution < -0.4 is 5.32 Å². The molecular formula is C19H16ClF3N4O2S2. The zero-order valence-electron chi connectivity index (χ0n) is 16.1. The number of ketones is 1. The maximum atomic E-state index is 13.2. The SMILES string of the molecule is CC(=O)NCCc1nnc(SCC(=O)c2ccc(Cl)s2)n1-c1cccc(C(F)(F)F)c1. The lowest BCUT2D eigenvalue weighted by Crippen LogP contribution is -2.23. The summed E-state index contributed by atoms with van der Waals surface area (Å²) in [7, 11) is 0. The molecule has 12 heteroatoms. The summed E-state index contributed by atoms with van der Waals surface area (Å²) in [4.78, 5) is 24.0. The van der Waals surface area contributed by atoms with Crippen molar-refractivity contribution in [3.63, 3.8) is 0 Å². The van der Waals surface area contributed by atoms with Crippen LogP contribution in [0, 0.1) is 0 Å². The van der Waals surface area contributed by atoms with E-state index in [1.54, 1.807) is 12.1 Å². The van der Waals surface area contributed by atoms with Crippen LogP contribution in [-0.2, 0) is 17.4 Å². The number of carbonyl (C=O) groups is 2. The first-order chi connectivity index (χ1) is 14.6. The van der Waals surface area contributed by atoms with Crippen molar-refractivity contribution in [1.82, 2.24) is 20.1 Å². The molecule has 0 unspecified atom stereocenters. The molecule has 1 amide bonds. The molecule has 1 aromatic carbocycles. The minimum absolute atomic E-state index is 0.0135. The molecule has 31 heavy (non-hydrogen) atoms. The van der Waals surface area contributed by atoms with Gasteiger partial charge in [0.25, 0.3) is 0 Å². The number of halogens is 4. The van der Waals surface area contributed by atoms with Crippen molar-refractivity contribution < 1.29 is 22.8 Å². The molecule has 0 spiro atoms. The minimum atomic E-state index is -4.51. The van der Waals surface area contributed by atoms with Gasteiger partial charge in [-0.2, -0.15) is 13.2 Å². The normalized spacial score (nSPS) is 11.5. The number of hydrogen-bond donors (Lipinski definition) is 1. The molecule has 0 fully saturated rings.